The quantitative estimate of drug-likeness (QED) is 0.680. The maximum atomic E-state index is 12.7. The van der Waals surface area contributed by atoms with Crippen molar-refractivity contribution in [2.24, 2.45) is 0 Å². The smallest absolute Gasteiger partial charge is 0.404 e. The zero-order chi connectivity index (χ0) is 14.8. The Bertz CT molecular complexity index is 469. The van der Waals surface area contributed by atoms with Crippen LogP contribution in [0.15, 0.2) is 16.5 Å². The fourth-order valence-electron chi connectivity index (χ4n) is 2.24. The number of nitrogens with zero attached hydrogens (tertiary/aromatic N) is 2. The number of halogens is 3. The van der Waals surface area contributed by atoms with Gasteiger partial charge in [0.25, 0.3) is 0 Å². The first-order chi connectivity index (χ1) is 9.37. The molecule has 0 unspecified atom stereocenters. The predicted octanol–water partition coefficient (Wildman–Crippen LogP) is 2.09. The summed E-state index contributed by atoms with van der Waals surface area (Å²) in [7, 11) is 0. The van der Waals surface area contributed by atoms with Crippen molar-refractivity contribution in [1.82, 2.24) is 10.2 Å². The second-order valence-electron chi connectivity index (χ2n) is 4.55. The minimum atomic E-state index is -4.36. The van der Waals surface area contributed by atoms with Crippen molar-refractivity contribution in [2.75, 3.05) is 26.2 Å². The summed E-state index contributed by atoms with van der Waals surface area (Å²) in [5.41, 5.74) is 0. The molecule has 1 atom stereocenters. The van der Waals surface area contributed by atoms with E-state index >= 15 is 0 Å². The molecule has 1 N–H and O–H groups in total. The van der Waals surface area contributed by atoms with E-state index in [1.165, 1.54) is 6.07 Å². The van der Waals surface area contributed by atoms with Gasteiger partial charge in [0.1, 0.15) is 10.7 Å². The van der Waals surface area contributed by atoms with Crippen LogP contribution in [0, 0.1) is 10.1 Å². The molecule has 0 bridgehead atoms. The Morgan fingerprint density at radius 2 is 2.05 bits per heavy atom. The van der Waals surface area contributed by atoms with Crippen molar-refractivity contribution in [3.8, 4) is 0 Å². The Morgan fingerprint density at radius 3 is 2.55 bits per heavy atom. The molecule has 2 heterocycles. The molecule has 0 saturated carbocycles. The number of rotatable bonds is 4. The largest absolute Gasteiger partial charge is 0.433 e. The highest BCUT2D eigenvalue weighted by Crippen LogP contribution is 2.35. The molecule has 112 valence electrons. The first kappa shape index (κ1) is 14.8. The van der Waals surface area contributed by atoms with Crippen LogP contribution in [0.3, 0.4) is 0 Å². The van der Waals surface area contributed by atoms with Crippen LogP contribution >= 0.6 is 0 Å². The van der Waals surface area contributed by atoms with Crippen molar-refractivity contribution in [1.29, 1.82) is 0 Å². The highest BCUT2D eigenvalue weighted by Gasteiger charge is 2.38. The minimum absolute atomic E-state index is 0.0177. The van der Waals surface area contributed by atoms with Gasteiger partial charge in [-0.15, -0.1) is 0 Å². The van der Waals surface area contributed by atoms with Crippen LogP contribution in [0.5, 0.6) is 0 Å². The Morgan fingerprint density at radius 1 is 1.40 bits per heavy atom. The highest BCUT2D eigenvalue weighted by atomic mass is 19.4. The number of alkyl halides is 3. The molecule has 9 heteroatoms. The number of nitrogens with one attached hydrogen (secondary N) is 1. The number of piperazine rings is 1. The predicted molar refractivity (Wildman–Crippen MR) is 63.2 cm³/mol. The lowest BCUT2D eigenvalue weighted by molar-refractivity contribution is -0.402. The average Bonchev–Trinajstić information content (AvgIpc) is 2.85. The lowest BCUT2D eigenvalue weighted by Crippen LogP contribution is -2.46. The normalized spacial score (nSPS) is 18.9. The van der Waals surface area contributed by atoms with E-state index < -0.39 is 29.4 Å². The van der Waals surface area contributed by atoms with Crippen molar-refractivity contribution in [2.45, 2.75) is 18.6 Å². The number of nitro groups is 1. The zero-order valence-corrected chi connectivity index (χ0v) is 10.5. The first-order valence-corrected chi connectivity index (χ1v) is 6.12. The maximum Gasteiger partial charge on any atom is 0.433 e. The monoisotopic (exact) mass is 293 g/mol. The van der Waals surface area contributed by atoms with Gasteiger partial charge in [-0.25, -0.2) is 0 Å². The van der Waals surface area contributed by atoms with Crippen LogP contribution in [0.4, 0.5) is 19.1 Å². The summed E-state index contributed by atoms with van der Waals surface area (Å²) in [6, 6.07) is 1.31. The Balaban J connectivity index is 2.21. The molecule has 1 fully saturated rings. The summed E-state index contributed by atoms with van der Waals surface area (Å²) in [6.07, 6.45) is -5.45. The van der Waals surface area contributed by atoms with Crippen LogP contribution in [-0.4, -0.2) is 42.2 Å². The van der Waals surface area contributed by atoms with Gasteiger partial charge in [-0.05, 0) is 6.07 Å². The summed E-state index contributed by atoms with van der Waals surface area (Å²) in [6.45, 7) is 2.04. The summed E-state index contributed by atoms with van der Waals surface area (Å²) < 4.78 is 43.0. The van der Waals surface area contributed by atoms with E-state index in [0.29, 0.717) is 26.2 Å². The lowest BCUT2D eigenvalue weighted by Gasteiger charge is -2.34. The Kier molecular flexibility index (Phi) is 4.29. The van der Waals surface area contributed by atoms with E-state index in [9.17, 15) is 23.3 Å². The van der Waals surface area contributed by atoms with Gasteiger partial charge in [0, 0.05) is 26.2 Å². The molecule has 1 aromatic heterocycles. The second kappa shape index (κ2) is 5.80. The maximum absolute atomic E-state index is 12.7. The van der Waals surface area contributed by atoms with Gasteiger partial charge < -0.3 is 9.73 Å². The summed E-state index contributed by atoms with van der Waals surface area (Å²) >= 11 is 0. The zero-order valence-electron chi connectivity index (χ0n) is 10.5. The molecule has 2 rings (SSSR count). The molecule has 1 aromatic rings. The topological polar surface area (TPSA) is 71.6 Å². The summed E-state index contributed by atoms with van der Waals surface area (Å²) in [5.74, 6) is -0.557. The average molecular weight is 293 g/mol. The third kappa shape index (κ3) is 3.70. The van der Waals surface area contributed by atoms with Crippen LogP contribution in [0.25, 0.3) is 0 Å². The molecular formula is C11H14F3N3O3. The molecular weight excluding hydrogens is 279 g/mol. The van der Waals surface area contributed by atoms with Gasteiger partial charge in [-0.2, -0.15) is 13.2 Å². The van der Waals surface area contributed by atoms with Gasteiger partial charge in [0.2, 0.25) is 0 Å². The van der Waals surface area contributed by atoms with Crippen LogP contribution in [-0.2, 0) is 0 Å². The van der Waals surface area contributed by atoms with Crippen LogP contribution in [0.1, 0.15) is 18.2 Å². The molecule has 0 radical (unpaired) electrons. The van der Waals surface area contributed by atoms with Gasteiger partial charge in [0.05, 0.1) is 18.5 Å². The van der Waals surface area contributed by atoms with E-state index in [0.717, 1.165) is 6.07 Å². The van der Waals surface area contributed by atoms with Crippen molar-refractivity contribution >= 4 is 5.88 Å². The molecule has 0 aliphatic carbocycles. The fourth-order valence-corrected chi connectivity index (χ4v) is 2.24. The third-order valence-electron chi connectivity index (χ3n) is 3.14. The number of hydrogen-bond acceptors (Lipinski definition) is 5. The SMILES string of the molecule is O=[N+]([O-])c1ccc([C@@H](CC(F)(F)F)N2CCNCC2)o1. The van der Waals surface area contributed by atoms with E-state index in [1.54, 1.807) is 4.90 Å². The molecule has 1 aliphatic heterocycles. The molecule has 6 nitrogen and oxygen atoms in total. The molecule has 0 aromatic carbocycles. The highest BCUT2D eigenvalue weighted by molar-refractivity contribution is 5.20. The van der Waals surface area contributed by atoms with Gasteiger partial charge >= 0.3 is 12.1 Å². The standard InChI is InChI=1S/C11H14F3N3O3/c12-11(13,14)7-8(16-5-3-15-4-6-16)9-1-2-10(20-9)17(18)19/h1-2,8,15H,3-7H2/t8-/m1/s1. The first-order valence-electron chi connectivity index (χ1n) is 6.12. The van der Waals surface area contributed by atoms with E-state index in [-0.39, 0.29) is 5.76 Å². The summed E-state index contributed by atoms with van der Waals surface area (Å²) in [5, 5.41) is 13.6. The molecule has 0 spiro atoms. The molecule has 1 aliphatic rings. The lowest BCUT2D eigenvalue weighted by atomic mass is 10.1. The van der Waals surface area contributed by atoms with Crippen LogP contribution < -0.4 is 5.32 Å². The fraction of sp³-hybridized carbons (Fsp3) is 0.636. The number of hydrogen-bond donors (Lipinski definition) is 1. The Labute approximate surface area is 112 Å². The molecule has 20 heavy (non-hydrogen) atoms. The third-order valence-corrected chi connectivity index (χ3v) is 3.14. The van der Waals surface area contributed by atoms with Crippen molar-refractivity contribution < 1.29 is 22.5 Å². The van der Waals surface area contributed by atoms with Gasteiger partial charge in [0.15, 0.2) is 0 Å². The van der Waals surface area contributed by atoms with Gasteiger partial charge in [-0.1, -0.05) is 0 Å². The molecule has 0 amide bonds. The second-order valence-corrected chi connectivity index (χ2v) is 4.55. The van der Waals surface area contributed by atoms with Crippen LogP contribution in [0.2, 0.25) is 0 Å². The van der Waals surface area contributed by atoms with E-state index in [4.69, 9.17) is 4.42 Å². The van der Waals surface area contributed by atoms with E-state index in [2.05, 4.69) is 5.32 Å². The molecule has 1 saturated heterocycles. The summed E-state index contributed by atoms with van der Waals surface area (Å²) in [4.78, 5) is 11.4. The van der Waals surface area contributed by atoms with Crippen molar-refractivity contribution in [3.63, 3.8) is 0 Å². The number of furan rings is 1. The van der Waals surface area contributed by atoms with Gasteiger partial charge in [-0.3, -0.25) is 15.0 Å². The van der Waals surface area contributed by atoms with Crippen molar-refractivity contribution in [3.05, 3.63) is 28.0 Å². The van der Waals surface area contributed by atoms with E-state index in [1.807, 2.05) is 0 Å². The minimum Gasteiger partial charge on any atom is -0.404 e. The Hall–Kier alpha value is -1.61.